The summed E-state index contributed by atoms with van der Waals surface area (Å²) in [5, 5.41) is 16.2. The molecule has 4 rings (SSSR count). The van der Waals surface area contributed by atoms with Crippen LogP contribution in [0, 0.1) is 0 Å². The van der Waals surface area contributed by atoms with Crippen LogP contribution < -0.4 is 0 Å². The zero-order valence-electron chi connectivity index (χ0n) is 12.7. The Kier molecular flexibility index (Phi) is 3.20. The molecular weight excluding hydrogens is 326 g/mol. The number of aromatic nitrogens is 5. The van der Waals surface area contributed by atoms with Gasteiger partial charge in [0.05, 0.1) is 28.5 Å². The predicted molar refractivity (Wildman–Crippen MR) is 89.6 cm³/mol. The molecule has 0 aliphatic heterocycles. The minimum Gasteiger partial charge on any atom is -0.278 e. The van der Waals surface area contributed by atoms with E-state index >= 15 is 0 Å². The van der Waals surface area contributed by atoms with E-state index in [2.05, 4.69) is 20.5 Å². The third-order valence-corrected chi connectivity index (χ3v) is 4.85. The van der Waals surface area contributed by atoms with Crippen LogP contribution in [0.15, 0.2) is 59.8 Å². The fraction of sp³-hybridized carbons (Fsp3) is 0.0625. The molecule has 0 aliphatic carbocycles. The standard InChI is InChI=1S/C16H13N5O2S/c1-24(22,23)14-4-2-3-13(8-14)21-10-16(19-20-21)11-5-6-12-9-17-18-15(12)7-11/h2-10H,1H3,(H,17,18). The highest BCUT2D eigenvalue weighted by atomic mass is 32.2. The van der Waals surface area contributed by atoms with E-state index in [9.17, 15) is 8.42 Å². The number of nitrogens with zero attached hydrogens (tertiary/aromatic N) is 4. The van der Waals surface area contributed by atoms with Crippen molar-refractivity contribution >= 4 is 20.7 Å². The summed E-state index contributed by atoms with van der Waals surface area (Å²) < 4.78 is 24.9. The second-order valence-electron chi connectivity index (χ2n) is 5.49. The second-order valence-corrected chi connectivity index (χ2v) is 7.51. The molecule has 120 valence electrons. The minimum atomic E-state index is -3.27. The molecule has 0 fully saturated rings. The number of benzene rings is 2. The largest absolute Gasteiger partial charge is 0.278 e. The summed E-state index contributed by atoms with van der Waals surface area (Å²) in [6, 6.07) is 12.4. The Morgan fingerprint density at radius 1 is 1.12 bits per heavy atom. The van der Waals surface area contributed by atoms with Crippen molar-refractivity contribution in [2.24, 2.45) is 0 Å². The van der Waals surface area contributed by atoms with Gasteiger partial charge in [0.25, 0.3) is 0 Å². The van der Waals surface area contributed by atoms with Crippen molar-refractivity contribution in [1.82, 2.24) is 25.2 Å². The van der Waals surface area contributed by atoms with Crippen LogP contribution in [0.1, 0.15) is 0 Å². The summed E-state index contributed by atoms with van der Waals surface area (Å²) in [6.07, 6.45) is 4.70. The van der Waals surface area contributed by atoms with Gasteiger partial charge in [0.1, 0.15) is 5.69 Å². The number of aromatic amines is 1. The van der Waals surface area contributed by atoms with E-state index in [0.717, 1.165) is 16.5 Å². The van der Waals surface area contributed by atoms with Crippen LogP contribution in [0.5, 0.6) is 0 Å². The highest BCUT2D eigenvalue weighted by Crippen LogP contribution is 2.22. The average molecular weight is 339 g/mol. The van der Waals surface area contributed by atoms with Crippen LogP contribution in [-0.2, 0) is 9.84 Å². The Hall–Kier alpha value is -3.00. The molecule has 0 radical (unpaired) electrons. The molecule has 2 aromatic heterocycles. The number of hydrogen-bond donors (Lipinski definition) is 1. The van der Waals surface area contributed by atoms with Gasteiger partial charge in [-0.3, -0.25) is 5.10 Å². The van der Waals surface area contributed by atoms with Crippen LogP contribution in [0.3, 0.4) is 0 Å². The molecule has 7 nitrogen and oxygen atoms in total. The summed E-state index contributed by atoms with van der Waals surface area (Å²) in [5.74, 6) is 0. The summed E-state index contributed by atoms with van der Waals surface area (Å²) in [6.45, 7) is 0. The van der Waals surface area contributed by atoms with Crippen molar-refractivity contribution in [3.05, 3.63) is 54.9 Å². The van der Waals surface area contributed by atoms with Crippen molar-refractivity contribution < 1.29 is 8.42 Å². The first-order valence-corrected chi connectivity index (χ1v) is 9.06. The molecule has 0 saturated heterocycles. The van der Waals surface area contributed by atoms with Crippen molar-refractivity contribution in [2.45, 2.75) is 4.90 Å². The molecule has 0 bridgehead atoms. The fourth-order valence-corrected chi connectivity index (χ4v) is 3.14. The Bertz CT molecular complexity index is 1140. The first-order chi connectivity index (χ1) is 11.5. The molecular formula is C16H13N5O2S. The maximum absolute atomic E-state index is 11.7. The van der Waals surface area contributed by atoms with Crippen LogP contribution in [0.25, 0.3) is 27.8 Å². The van der Waals surface area contributed by atoms with Crippen molar-refractivity contribution in [3.8, 4) is 16.9 Å². The van der Waals surface area contributed by atoms with Gasteiger partial charge in [0.2, 0.25) is 0 Å². The highest BCUT2D eigenvalue weighted by molar-refractivity contribution is 7.90. The van der Waals surface area contributed by atoms with Crippen LogP contribution >= 0.6 is 0 Å². The van der Waals surface area contributed by atoms with Gasteiger partial charge in [0.15, 0.2) is 9.84 Å². The maximum Gasteiger partial charge on any atom is 0.175 e. The Morgan fingerprint density at radius 2 is 2.00 bits per heavy atom. The van der Waals surface area contributed by atoms with Crippen LogP contribution in [0.4, 0.5) is 0 Å². The van der Waals surface area contributed by atoms with Gasteiger partial charge in [-0.25, -0.2) is 13.1 Å². The van der Waals surface area contributed by atoms with E-state index in [1.54, 1.807) is 41.3 Å². The lowest BCUT2D eigenvalue weighted by molar-refractivity contribution is 0.601. The molecule has 0 amide bonds. The molecule has 0 atom stereocenters. The SMILES string of the molecule is CS(=O)(=O)c1cccc(-n2cc(-c3ccc4cn[nH]c4c3)nn2)c1. The first kappa shape index (κ1) is 14.6. The maximum atomic E-state index is 11.7. The van der Waals surface area contributed by atoms with E-state index in [1.165, 1.54) is 6.26 Å². The number of hydrogen-bond acceptors (Lipinski definition) is 5. The van der Waals surface area contributed by atoms with E-state index < -0.39 is 9.84 Å². The van der Waals surface area contributed by atoms with E-state index in [0.29, 0.717) is 11.4 Å². The van der Waals surface area contributed by atoms with Crippen LogP contribution in [-0.4, -0.2) is 39.9 Å². The number of rotatable bonds is 3. The van der Waals surface area contributed by atoms with E-state index in [1.807, 2.05) is 18.2 Å². The Morgan fingerprint density at radius 3 is 2.83 bits per heavy atom. The van der Waals surface area contributed by atoms with Gasteiger partial charge in [0, 0.05) is 17.2 Å². The zero-order chi connectivity index (χ0) is 16.7. The number of fused-ring (bicyclic) bond motifs is 1. The normalized spacial score (nSPS) is 11.9. The lowest BCUT2D eigenvalue weighted by Gasteiger charge is -2.02. The lowest BCUT2D eigenvalue weighted by Crippen LogP contribution is -2.00. The number of nitrogens with one attached hydrogen (secondary N) is 1. The smallest absolute Gasteiger partial charge is 0.175 e. The van der Waals surface area contributed by atoms with Crippen molar-refractivity contribution in [2.75, 3.05) is 6.26 Å². The molecule has 1 N–H and O–H groups in total. The molecule has 8 heteroatoms. The van der Waals surface area contributed by atoms with Crippen molar-refractivity contribution in [3.63, 3.8) is 0 Å². The third kappa shape index (κ3) is 2.56. The highest BCUT2D eigenvalue weighted by Gasteiger charge is 2.10. The summed E-state index contributed by atoms with van der Waals surface area (Å²) in [4.78, 5) is 0.246. The minimum absolute atomic E-state index is 0.246. The van der Waals surface area contributed by atoms with Gasteiger partial charge >= 0.3 is 0 Å². The monoisotopic (exact) mass is 339 g/mol. The summed E-state index contributed by atoms with van der Waals surface area (Å²) in [7, 11) is -3.27. The van der Waals surface area contributed by atoms with E-state index in [-0.39, 0.29) is 4.90 Å². The average Bonchev–Trinajstić information content (AvgIpc) is 3.22. The van der Waals surface area contributed by atoms with Gasteiger partial charge in [-0.1, -0.05) is 23.4 Å². The second kappa shape index (κ2) is 5.27. The van der Waals surface area contributed by atoms with Crippen molar-refractivity contribution in [1.29, 1.82) is 0 Å². The molecule has 0 aliphatic rings. The molecule has 24 heavy (non-hydrogen) atoms. The fourth-order valence-electron chi connectivity index (χ4n) is 2.48. The van der Waals surface area contributed by atoms with Gasteiger partial charge in [-0.15, -0.1) is 5.10 Å². The zero-order valence-corrected chi connectivity index (χ0v) is 13.5. The molecule has 0 spiro atoms. The lowest BCUT2D eigenvalue weighted by atomic mass is 10.1. The quantitative estimate of drug-likeness (QED) is 0.618. The van der Waals surface area contributed by atoms with Gasteiger partial charge < -0.3 is 0 Å². The molecule has 4 aromatic rings. The Labute approximate surface area is 137 Å². The van der Waals surface area contributed by atoms with Gasteiger partial charge in [-0.05, 0) is 24.3 Å². The van der Waals surface area contributed by atoms with E-state index in [4.69, 9.17) is 0 Å². The number of sulfone groups is 1. The Balaban J connectivity index is 1.75. The first-order valence-electron chi connectivity index (χ1n) is 7.17. The molecule has 0 unspecified atom stereocenters. The van der Waals surface area contributed by atoms with Gasteiger partial charge in [-0.2, -0.15) is 5.10 Å². The molecule has 2 aromatic carbocycles. The summed E-state index contributed by atoms with van der Waals surface area (Å²) in [5.41, 5.74) is 3.15. The van der Waals surface area contributed by atoms with Crippen LogP contribution in [0.2, 0.25) is 0 Å². The molecule has 0 saturated carbocycles. The molecule has 2 heterocycles. The predicted octanol–water partition coefficient (Wildman–Crippen LogP) is 2.21. The number of H-pyrrole nitrogens is 1. The topological polar surface area (TPSA) is 93.5 Å². The summed E-state index contributed by atoms with van der Waals surface area (Å²) >= 11 is 0. The third-order valence-electron chi connectivity index (χ3n) is 3.74.